The van der Waals surface area contributed by atoms with E-state index in [0.717, 1.165) is 11.8 Å². The highest BCUT2D eigenvalue weighted by atomic mass is 14.3. The van der Waals surface area contributed by atoms with E-state index in [4.69, 9.17) is 0 Å². The number of allylic oxidation sites excluding steroid dienone is 2. The normalized spacial score (nSPS) is 41.2. The quantitative estimate of drug-likeness (QED) is 0.450. The van der Waals surface area contributed by atoms with Crippen LogP contribution in [0.1, 0.15) is 27.2 Å². The van der Waals surface area contributed by atoms with Gasteiger partial charge in [-0.15, -0.1) is 0 Å². The van der Waals surface area contributed by atoms with Gasteiger partial charge in [0, 0.05) is 0 Å². The van der Waals surface area contributed by atoms with Crippen LogP contribution in [0.3, 0.4) is 0 Å². The van der Waals surface area contributed by atoms with E-state index in [1.807, 2.05) is 0 Å². The molecule has 1 rings (SSSR count). The van der Waals surface area contributed by atoms with Gasteiger partial charge in [-0.2, -0.15) is 0 Å². The van der Waals surface area contributed by atoms with Crippen molar-refractivity contribution in [1.82, 2.24) is 0 Å². The van der Waals surface area contributed by atoms with E-state index in [2.05, 4.69) is 33.8 Å². The van der Waals surface area contributed by atoms with Gasteiger partial charge in [-0.1, -0.05) is 25.5 Å². The Labute approximate surface area is 64.3 Å². The molecule has 0 aromatic carbocycles. The molecule has 0 amide bonds. The third kappa shape index (κ3) is 1.42. The van der Waals surface area contributed by atoms with Crippen LogP contribution in [-0.4, -0.2) is 0 Å². The van der Waals surface area contributed by atoms with Gasteiger partial charge in [0.15, 0.2) is 0 Å². The van der Waals surface area contributed by atoms with Crippen molar-refractivity contribution in [1.29, 1.82) is 0 Å². The Morgan fingerprint density at radius 2 is 2.10 bits per heavy atom. The standard InChI is InChI=1S/C10H17/c1-7-5-9(3)10(4)6-8(7)2/h6-7,9-10H,1,5H2,2-4H3/t7-,9?,10?/m1/s1. The Hall–Kier alpha value is -0.260. The van der Waals surface area contributed by atoms with Crippen molar-refractivity contribution in [3.8, 4) is 0 Å². The summed E-state index contributed by atoms with van der Waals surface area (Å²) in [7, 11) is 0. The first-order valence-electron chi connectivity index (χ1n) is 4.12. The molecule has 57 valence electrons. The smallest absolute Gasteiger partial charge is 0.0203 e. The van der Waals surface area contributed by atoms with E-state index < -0.39 is 0 Å². The summed E-state index contributed by atoms with van der Waals surface area (Å²) in [4.78, 5) is 0. The van der Waals surface area contributed by atoms with E-state index in [1.165, 1.54) is 12.0 Å². The lowest BCUT2D eigenvalue weighted by Crippen LogP contribution is -2.17. The highest BCUT2D eigenvalue weighted by Crippen LogP contribution is 2.31. The zero-order valence-corrected chi connectivity index (χ0v) is 7.22. The van der Waals surface area contributed by atoms with Crippen LogP contribution in [-0.2, 0) is 0 Å². The van der Waals surface area contributed by atoms with E-state index in [0.29, 0.717) is 5.92 Å². The highest BCUT2D eigenvalue weighted by Gasteiger charge is 2.20. The summed E-state index contributed by atoms with van der Waals surface area (Å²) in [6, 6.07) is 0. The maximum atomic E-state index is 4.10. The zero-order chi connectivity index (χ0) is 7.72. The lowest BCUT2D eigenvalue weighted by molar-refractivity contribution is 0.366. The van der Waals surface area contributed by atoms with Crippen molar-refractivity contribution in [2.45, 2.75) is 27.2 Å². The summed E-state index contributed by atoms with van der Waals surface area (Å²) in [5, 5.41) is 0. The van der Waals surface area contributed by atoms with Crippen LogP contribution < -0.4 is 0 Å². The predicted molar refractivity (Wildman–Crippen MR) is 45.5 cm³/mol. The average molecular weight is 137 g/mol. The Kier molecular flexibility index (Phi) is 2.18. The van der Waals surface area contributed by atoms with Crippen LogP contribution in [0.25, 0.3) is 0 Å². The second-order valence-corrected chi connectivity index (χ2v) is 3.68. The molecule has 1 aliphatic carbocycles. The van der Waals surface area contributed by atoms with Crippen LogP contribution in [0.4, 0.5) is 0 Å². The molecular formula is C10H17. The summed E-state index contributed by atoms with van der Waals surface area (Å²) >= 11 is 0. The molecule has 0 bridgehead atoms. The highest BCUT2D eigenvalue weighted by molar-refractivity contribution is 5.11. The lowest BCUT2D eigenvalue weighted by Gasteiger charge is -2.28. The minimum atomic E-state index is 0.575. The molecule has 0 aliphatic heterocycles. The van der Waals surface area contributed by atoms with E-state index in [-0.39, 0.29) is 0 Å². The third-order valence-electron chi connectivity index (χ3n) is 2.72. The summed E-state index contributed by atoms with van der Waals surface area (Å²) < 4.78 is 0. The van der Waals surface area contributed by atoms with Gasteiger partial charge in [-0.25, -0.2) is 0 Å². The summed E-state index contributed by atoms with van der Waals surface area (Å²) in [5.74, 6) is 2.16. The molecule has 1 aliphatic rings. The molecule has 0 aromatic rings. The van der Waals surface area contributed by atoms with Gasteiger partial charge in [-0.3, -0.25) is 0 Å². The van der Waals surface area contributed by atoms with E-state index in [1.54, 1.807) is 0 Å². The number of hydrogen-bond acceptors (Lipinski definition) is 0. The number of rotatable bonds is 0. The Balaban J connectivity index is 2.69. The molecule has 0 aromatic heterocycles. The van der Waals surface area contributed by atoms with Gasteiger partial charge >= 0.3 is 0 Å². The summed E-state index contributed by atoms with van der Waals surface area (Å²) in [6.45, 7) is 10.9. The minimum Gasteiger partial charge on any atom is -0.0822 e. The SMILES string of the molecule is [CH2][C@@H]1CC(C)C(C)C=C1C. The monoisotopic (exact) mass is 137 g/mol. The molecule has 0 N–H and O–H groups in total. The number of hydrogen-bond donors (Lipinski definition) is 0. The first-order chi connectivity index (χ1) is 4.61. The third-order valence-corrected chi connectivity index (χ3v) is 2.72. The second-order valence-electron chi connectivity index (χ2n) is 3.68. The Morgan fingerprint density at radius 1 is 1.50 bits per heavy atom. The van der Waals surface area contributed by atoms with E-state index >= 15 is 0 Å². The molecular weight excluding hydrogens is 120 g/mol. The van der Waals surface area contributed by atoms with Gasteiger partial charge in [0.25, 0.3) is 0 Å². The molecule has 0 heterocycles. The molecule has 0 spiro atoms. The molecule has 2 unspecified atom stereocenters. The fourth-order valence-corrected chi connectivity index (χ4v) is 1.56. The Bertz CT molecular complexity index is 144. The molecule has 0 nitrogen and oxygen atoms in total. The first kappa shape index (κ1) is 7.84. The fraction of sp³-hybridized carbons (Fsp3) is 0.700. The first-order valence-corrected chi connectivity index (χ1v) is 4.12. The molecule has 10 heavy (non-hydrogen) atoms. The summed E-state index contributed by atoms with van der Waals surface area (Å²) in [6.07, 6.45) is 3.63. The van der Waals surface area contributed by atoms with E-state index in [9.17, 15) is 0 Å². The zero-order valence-electron chi connectivity index (χ0n) is 7.22. The Morgan fingerprint density at radius 3 is 2.60 bits per heavy atom. The van der Waals surface area contributed by atoms with Gasteiger partial charge in [-0.05, 0) is 38.0 Å². The van der Waals surface area contributed by atoms with Crippen LogP contribution in [0, 0.1) is 24.7 Å². The van der Waals surface area contributed by atoms with Crippen molar-refractivity contribution in [2.24, 2.45) is 17.8 Å². The van der Waals surface area contributed by atoms with Gasteiger partial charge in [0.1, 0.15) is 0 Å². The summed E-state index contributed by atoms with van der Waals surface area (Å²) in [5.41, 5.74) is 1.48. The van der Waals surface area contributed by atoms with Crippen molar-refractivity contribution < 1.29 is 0 Å². The molecule has 0 heteroatoms. The molecule has 0 saturated heterocycles. The van der Waals surface area contributed by atoms with Crippen LogP contribution in [0.15, 0.2) is 11.6 Å². The predicted octanol–water partition coefficient (Wildman–Crippen LogP) is 3.06. The molecule has 0 fully saturated rings. The molecule has 0 saturated carbocycles. The lowest BCUT2D eigenvalue weighted by atomic mass is 9.78. The van der Waals surface area contributed by atoms with Crippen molar-refractivity contribution in [3.05, 3.63) is 18.6 Å². The van der Waals surface area contributed by atoms with Crippen molar-refractivity contribution in [3.63, 3.8) is 0 Å². The van der Waals surface area contributed by atoms with Gasteiger partial charge in [0.2, 0.25) is 0 Å². The van der Waals surface area contributed by atoms with Crippen LogP contribution >= 0.6 is 0 Å². The largest absolute Gasteiger partial charge is 0.0822 e. The topological polar surface area (TPSA) is 0 Å². The van der Waals surface area contributed by atoms with Crippen molar-refractivity contribution >= 4 is 0 Å². The minimum absolute atomic E-state index is 0.575. The van der Waals surface area contributed by atoms with Gasteiger partial charge in [0.05, 0.1) is 0 Å². The fourth-order valence-electron chi connectivity index (χ4n) is 1.56. The second kappa shape index (κ2) is 2.77. The molecule has 1 radical (unpaired) electrons. The van der Waals surface area contributed by atoms with Crippen LogP contribution in [0.2, 0.25) is 0 Å². The van der Waals surface area contributed by atoms with Crippen LogP contribution in [0.5, 0.6) is 0 Å². The van der Waals surface area contributed by atoms with Gasteiger partial charge < -0.3 is 0 Å². The molecule has 3 atom stereocenters. The maximum absolute atomic E-state index is 4.10. The average Bonchev–Trinajstić information content (AvgIpc) is 1.84. The maximum Gasteiger partial charge on any atom is -0.0203 e. The van der Waals surface area contributed by atoms with Crippen molar-refractivity contribution in [2.75, 3.05) is 0 Å².